The van der Waals surface area contributed by atoms with Crippen molar-refractivity contribution in [3.8, 4) is 0 Å². The van der Waals surface area contributed by atoms with Crippen LogP contribution in [0.25, 0.3) is 11.1 Å². The number of nitrogens with zero attached hydrogens (tertiary/aromatic N) is 2. The third kappa shape index (κ3) is 2.87. The molecule has 0 bridgehead atoms. The summed E-state index contributed by atoms with van der Waals surface area (Å²) >= 11 is 0. The summed E-state index contributed by atoms with van der Waals surface area (Å²) in [6.07, 6.45) is 1.94. The van der Waals surface area contributed by atoms with Crippen LogP contribution < -0.4 is 5.73 Å². The quantitative estimate of drug-likeness (QED) is 0.738. The number of fused-ring (bicyclic) bond motifs is 1. The van der Waals surface area contributed by atoms with Gasteiger partial charge in [-0.3, -0.25) is 4.98 Å². The molecule has 0 aliphatic carbocycles. The second-order valence-electron chi connectivity index (χ2n) is 4.60. The number of pyridine rings is 1. The van der Waals surface area contributed by atoms with Crippen LogP contribution in [0, 0.1) is 0 Å². The third-order valence-electron chi connectivity index (χ3n) is 3.01. The summed E-state index contributed by atoms with van der Waals surface area (Å²) in [6, 6.07) is 10.2. The SMILES string of the molecule is Nc1ccc2oc(S(=O)(=O)CCc3ccccn3)nc2c1. The summed E-state index contributed by atoms with van der Waals surface area (Å²) in [5.74, 6) is -0.105. The number of oxazole rings is 1. The van der Waals surface area contributed by atoms with Crippen LogP contribution in [0.4, 0.5) is 5.69 Å². The van der Waals surface area contributed by atoms with Gasteiger partial charge >= 0.3 is 5.22 Å². The van der Waals surface area contributed by atoms with Gasteiger partial charge in [-0.1, -0.05) is 6.07 Å². The fraction of sp³-hybridized carbons (Fsp3) is 0.143. The van der Waals surface area contributed by atoms with Gasteiger partial charge in [0.2, 0.25) is 9.84 Å². The van der Waals surface area contributed by atoms with Crippen molar-refractivity contribution in [2.45, 2.75) is 11.6 Å². The molecule has 6 nitrogen and oxygen atoms in total. The monoisotopic (exact) mass is 303 g/mol. The number of rotatable bonds is 4. The average Bonchev–Trinajstić information content (AvgIpc) is 2.90. The van der Waals surface area contributed by atoms with E-state index in [-0.39, 0.29) is 11.0 Å². The fourth-order valence-corrected chi connectivity index (χ4v) is 3.04. The van der Waals surface area contributed by atoms with Crippen LogP contribution in [0.3, 0.4) is 0 Å². The molecule has 0 spiro atoms. The second kappa shape index (κ2) is 5.17. The molecular formula is C14H13N3O3S. The maximum Gasteiger partial charge on any atom is 0.316 e. The molecule has 0 aliphatic heterocycles. The van der Waals surface area contributed by atoms with Crippen LogP contribution in [-0.2, 0) is 16.3 Å². The van der Waals surface area contributed by atoms with Gasteiger partial charge < -0.3 is 10.2 Å². The molecule has 21 heavy (non-hydrogen) atoms. The number of sulfone groups is 1. The molecule has 0 atom stereocenters. The second-order valence-corrected chi connectivity index (χ2v) is 6.58. The molecule has 1 aromatic carbocycles. The highest BCUT2D eigenvalue weighted by molar-refractivity contribution is 7.91. The molecular weight excluding hydrogens is 290 g/mol. The maximum absolute atomic E-state index is 12.2. The van der Waals surface area contributed by atoms with Crippen molar-refractivity contribution in [2.75, 3.05) is 11.5 Å². The predicted octanol–water partition coefficient (Wildman–Crippen LogP) is 1.82. The molecule has 0 saturated carbocycles. The van der Waals surface area contributed by atoms with E-state index in [1.54, 1.807) is 36.5 Å². The lowest BCUT2D eigenvalue weighted by molar-refractivity contribution is 0.458. The van der Waals surface area contributed by atoms with E-state index in [1.165, 1.54) is 0 Å². The zero-order chi connectivity index (χ0) is 14.9. The number of anilines is 1. The van der Waals surface area contributed by atoms with Gasteiger partial charge in [0, 0.05) is 24.0 Å². The zero-order valence-electron chi connectivity index (χ0n) is 11.1. The lowest BCUT2D eigenvalue weighted by atomic mass is 10.3. The molecule has 2 heterocycles. The summed E-state index contributed by atoms with van der Waals surface area (Å²) in [5.41, 5.74) is 7.69. The van der Waals surface area contributed by atoms with Crippen LogP contribution in [0.2, 0.25) is 0 Å². The Bertz CT molecular complexity index is 873. The Morgan fingerprint density at radius 3 is 2.81 bits per heavy atom. The van der Waals surface area contributed by atoms with Crippen LogP contribution in [-0.4, -0.2) is 24.1 Å². The lowest BCUT2D eigenvalue weighted by Gasteiger charge is -1.99. The molecule has 0 saturated heterocycles. The van der Waals surface area contributed by atoms with Crippen molar-refractivity contribution in [2.24, 2.45) is 0 Å². The highest BCUT2D eigenvalue weighted by atomic mass is 32.2. The van der Waals surface area contributed by atoms with Gasteiger partial charge in [-0.25, -0.2) is 8.42 Å². The fourth-order valence-electron chi connectivity index (χ4n) is 1.93. The van der Waals surface area contributed by atoms with Crippen LogP contribution in [0.5, 0.6) is 0 Å². The number of aryl methyl sites for hydroxylation is 1. The molecule has 0 unspecified atom stereocenters. The Morgan fingerprint density at radius 1 is 1.19 bits per heavy atom. The van der Waals surface area contributed by atoms with E-state index < -0.39 is 9.84 Å². The predicted molar refractivity (Wildman–Crippen MR) is 78.4 cm³/mol. The van der Waals surface area contributed by atoms with E-state index in [9.17, 15) is 8.42 Å². The van der Waals surface area contributed by atoms with Crippen LogP contribution >= 0.6 is 0 Å². The zero-order valence-corrected chi connectivity index (χ0v) is 11.9. The molecule has 0 radical (unpaired) electrons. The topological polar surface area (TPSA) is 99.1 Å². The van der Waals surface area contributed by atoms with Gasteiger partial charge in [0.15, 0.2) is 5.58 Å². The Morgan fingerprint density at radius 2 is 2.05 bits per heavy atom. The van der Waals surface area contributed by atoms with E-state index in [4.69, 9.17) is 10.2 Å². The van der Waals surface area contributed by atoms with Gasteiger partial charge in [0.1, 0.15) is 5.52 Å². The molecule has 3 aromatic rings. The number of nitrogen functional groups attached to an aromatic ring is 1. The minimum Gasteiger partial charge on any atom is -0.428 e. The first-order valence-electron chi connectivity index (χ1n) is 6.33. The normalized spacial score (nSPS) is 11.8. The number of hydrogen-bond acceptors (Lipinski definition) is 6. The van der Waals surface area contributed by atoms with E-state index in [1.807, 2.05) is 6.07 Å². The Labute approximate surface area is 121 Å². The van der Waals surface area contributed by atoms with Crippen molar-refractivity contribution in [1.29, 1.82) is 0 Å². The highest BCUT2D eigenvalue weighted by Gasteiger charge is 2.22. The summed E-state index contributed by atoms with van der Waals surface area (Å²) in [4.78, 5) is 8.10. The standard InChI is InChI=1S/C14H13N3O3S/c15-10-4-5-13-12(9-10)17-14(20-13)21(18,19)8-6-11-3-1-2-7-16-11/h1-5,7,9H,6,8,15H2. The first kappa shape index (κ1) is 13.6. The smallest absolute Gasteiger partial charge is 0.316 e. The van der Waals surface area contributed by atoms with E-state index in [2.05, 4.69) is 9.97 Å². The largest absolute Gasteiger partial charge is 0.428 e. The van der Waals surface area contributed by atoms with Gasteiger partial charge in [-0.2, -0.15) is 4.98 Å². The van der Waals surface area contributed by atoms with Crippen molar-refractivity contribution in [3.63, 3.8) is 0 Å². The summed E-state index contributed by atoms with van der Waals surface area (Å²) in [5, 5.41) is -0.279. The van der Waals surface area contributed by atoms with Crippen molar-refractivity contribution in [3.05, 3.63) is 48.3 Å². The number of hydrogen-bond donors (Lipinski definition) is 1. The molecule has 0 amide bonds. The van der Waals surface area contributed by atoms with Crippen molar-refractivity contribution < 1.29 is 12.8 Å². The van der Waals surface area contributed by atoms with E-state index in [0.29, 0.717) is 28.9 Å². The maximum atomic E-state index is 12.2. The van der Waals surface area contributed by atoms with Gasteiger partial charge in [0.25, 0.3) is 0 Å². The van der Waals surface area contributed by atoms with Gasteiger partial charge in [-0.05, 0) is 30.3 Å². The van der Waals surface area contributed by atoms with Crippen LogP contribution in [0.1, 0.15) is 5.69 Å². The molecule has 2 N–H and O–H groups in total. The van der Waals surface area contributed by atoms with E-state index in [0.717, 1.165) is 0 Å². The Kier molecular flexibility index (Phi) is 3.34. The van der Waals surface area contributed by atoms with Gasteiger partial charge in [-0.15, -0.1) is 0 Å². The first-order valence-corrected chi connectivity index (χ1v) is 7.98. The first-order chi connectivity index (χ1) is 10.0. The van der Waals surface area contributed by atoms with E-state index >= 15 is 0 Å². The Balaban J connectivity index is 1.86. The molecule has 108 valence electrons. The lowest BCUT2D eigenvalue weighted by Crippen LogP contribution is -2.10. The molecule has 3 rings (SSSR count). The minimum atomic E-state index is -3.59. The molecule has 0 fully saturated rings. The number of aromatic nitrogens is 2. The highest BCUT2D eigenvalue weighted by Crippen LogP contribution is 2.22. The number of nitrogens with two attached hydrogens (primary N) is 1. The molecule has 0 aliphatic rings. The summed E-state index contributed by atoms with van der Waals surface area (Å²) in [7, 11) is -3.59. The summed E-state index contributed by atoms with van der Waals surface area (Å²) in [6.45, 7) is 0. The van der Waals surface area contributed by atoms with Gasteiger partial charge in [0.05, 0.1) is 5.75 Å². The average molecular weight is 303 g/mol. The minimum absolute atomic E-state index is 0.105. The Hall–Kier alpha value is -2.41. The van der Waals surface area contributed by atoms with Crippen molar-refractivity contribution in [1.82, 2.24) is 9.97 Å². The third-order valence-corrected chi connectivity index (χ3v) is 4.46. The summed E-state index contributed by atoms with van der Waals surface area (Å²) < 4.78 is 29.8. The molecule has 2 aromatic heterocycles. The number of benzene rings is 1. The van der Waals surface area contributed by atoms with Crippen molar-refractivity contribution >= 4 is 26.6 Å². The molecule has 7 heteroatoms. The van der Waals surface area contributed by atoms with Crippen LogP contribution in [0.15, 0.2) is 52.2 Å².